The normalized spacial score (nSPS) is 22.6. The number of nitrogens with two attached hydrogens (primary N) is 1. The quantitative estimate of drug-likeness (QED) is 0.510. The van der Waals surface area contributed by atoms with E-state index in [-0.39, 0.29) is 22.8 Å². The zero-order valence-corrected chi connectivity index (χ0v) is 11.7. The number of nitrogens with zero attached hydrogens (tertiary/aromatic N) is 2. The molecule has 1 aromatic carbocycles. The lowest BCUT2D eigenvalue weighted by atomic mass is 9.91. The van der Waals surface area contributed by atoms with Gasteiger partial charge < -0.3 is 10.6 Å². The molecule has 0 radical (unpaired) electrons. The van der Waals surface area contributed by atoms with Crippen LogP contribution in [-0.2, 0) is 0 Å². The van der Waals surface area contributed by atoms with Gasteiger partial charge in [0, 0.05) is 13.1 Å². The van der Waals surface area contributed by atoms with Crippen LogP contribution in [0.2, 0.25) is 0 Å². The molecular formula is C14H19N3O3. The summed E-state index contributed by atoms with van der Waals surface area (Å²) in [5, 5.41) is 11.1. The first-order chi connectivity index (χ1) is 9.40. The van der Waals surface area contributed by atoms with Crippen molar-refractivity contribution >= 4 is 17.3 Å². The monoisotopic (exact) mass is 277 g/mol. The van der Waals surface area contributed by atoms with Gasteiger partial charge in [0.15, 0.2) is 0 Å². The van der Waals surface area contributed by atoms with E-state index in [1.165, 1.54) is 12.1 Å². The van der Waals surface area contributed by atoms with Crippen LogP contribution in [0.4, 0.5) is 11.4 Å². The number of hydrogen-bond acceptors (Lipinski definition) is 4. The summed E-state index contributed by atoms with van der Waals surface area (Å²) >= 11 is 0. The van der Waals surface area contributed by atoms with Crippen LogP contribution in [0, 0.1) is 22.0 Å². The van der Waals surface area contributed by atoms with Gasteiger partial charge in [-0.05, 0) is 30.4 Å². The molecule has 2 N–H and O–H groups in total. The molecule has 6 heteroatoms. The number of piperidine rings is 1. The molecule has 108 valence electrons. The van der Waals surface area contributed by atoms with Crippen LogP contribution in [0.15, 0.2) is 18.2 Å². The molecule has 0 aliphatic carbocycles. The topological polar surface area (TPSA) is 89.5 Å². The van der Waals surface area contributed by atoms with Crippen molar-refractivity contribution in [2.45, 2.75) is 20.3 Å². The van der Waals surface area contributed by atoms with E-state index in [9.17, 15) is 14.9 Å². The molecule has 1 heterocycles. The summed E-state index contributed by atoms with van der Waals surface area (Å²) < 4.78 is 0. The predicted octanol–water partition coefficient (Wildman–Crippen LogP) is 2.30. The fourth-order valence-electron chi connectivity index (χ4n) is 2.94. The molecule has 2 atom stereocenters. The summed E-state index contributed by atoms with van der Waals surface area (Å²) in [7, 11) is 0. The summed E-state index contributed by atoms with van der Waals surface area (Å²) in [5.41, 5.74) is 5.45. The third-order valence-corrected chi connectivity index (χ3v) is 3.64. The summed E-state index contributed by atoms with van der Waals surface area (Å²) in [6.07, 6.45) is 1.07. The number of nitro benzene ring substituents is 1. The molecule has 1 aliphatic rings. The molecule has 1 aliphatic heterocycles. The second kappa shape index (κ2) is 5.48. The average Bonchev–Trinajstić information content (AvgIpc) is 2.35. The highest BCUT2D eigenvalue weighted by atomic mass is 16.6. The van der Waals surface area contributed by atoms with Gasteiger partial charge in [0.25, 0.3) is 5.91 Å². The van der Waals surface area contributed by atoms with E-state index in [1.807, 2.05) is 0 Å². The van der Waals surface area contributed by atoms with E-state index in [4.69, 9.17) is 5.73 Å². The van der Waals surface area contributed by atoms with E-state index in [1.54, 1.807) is 11.0 Å². The lowest BCUT2D eigenvalue weighted by Gasteiger charge is -2.35. The summed E-state index contributed by atoms with van der Waals surface area (Å²) in [6.45, 7) is 5.44. The Bertz CT molecular complexity index is 534. The van der Waals surface area contributed by atoms with Gasteiger partial charge in [-0.25, -0.2) is 0 Å². The van der Waals surface area contributed by atoms with Crippen molar-refractivity contribution in [3.63, 3.8) is 0 Å². The number of nitro groups is 1. The Morgan fingerprint density at radius 3 is 2.50 bits per heavy atom. The van der Waals surface area contributed by atoms with Crippen LogP contribution in [-0.4, -0.2) is 28.8 Å². The zero-order valence-electron chi connectivity index (χ0n) is 11.7. The maximum Gasteiger partial charge on any atom is 0.304 e. The van der Waals surface area contributed by atoms with Gasteiger partial charge in [-0.3, -0.25) is 14.9 Å². The lowest BCUT2D eigenvalue weighted by molar-refractivity contribution is -0.384. The number of hydrogen-bond donors (Lipinski definition) is 1. The van der Waals surface area contributed by atoms with Gasteiger partial charge in [-0.2, -0.15) is 0 Å². The van der Waals surface area contributed by atoms with Crippen LogP contribution >= 0.6 is 0 Å². The van der Waals surface area contributed by atoms with Gasteiger partial charge in [0.2, 0.25) is 0 Å². The molecule has 20 heavy (non-hydrogen) atoms. The first kappa shape index (κ1) is 14.3. The highest BCUT2D eigenvalue weighted by Crippen LogP contribution is 2.29. The Balaban J connectivity index is 2.34. The Morgan fingerprint density at radius 1 is 1.35 bits per heavy atom. The Labute approximate surface area is 117 Å². The number of para-hydroxylation sites is 1. The second-order valence-corrected chi connectivity index (χ2v) is 5.66. The maximum absolute atomic E-state index is 12.5. The Hall–Kier alpha value is -2.11. The van der Waals surface area contributed by atoms with Crippen molar-refractivity contribution in [3.8, 4) is 0 Å². The van der Waals surface area contributed by atoms with Gasteiger partial charge in [-0.1, -0.05) is 19.9 Å². The maximum atomic E-state index is 12.5. The number of nitrogen functional groups attached to an aromatic ring is 1. The average molecular weight is 277 g/mol. The summed E-state index contributed by atoms with van der Waals surface area (Å²) in [6, 6.07) is 4.49. The third-order valence-electron chi connectivity index (χ3n) is 3.64. The Morgan fingerprint density at radius 2 is 1.95 bits per heavy atom. The van der Waals surface area contributed by atoms with Crippen molar-refractivity contribution in [2.75, 3.05) is 18.8 Å². The minimum atomic E-state index is -0.584. The summed E-state index contributed by atoms with van der Waals surface area (Å²) in [4.78, 5) is 24.8. The van der Waals surface area contributed by atoms with E-state index in [0.717, 1.165) is 6.42 Å². The van der Waals surface area contributed by atoms with Crippen LogP contribution in [0.1, 0.15) is 30.6 Å². The minimum absolute atomic E-state index is 0.0268. The minimum Gasteiger partial charge on any atom is -0.393 e. The van der Waals surface area contributed by atoms with Gasteiger partial charge in [0.05, 0.1) is 4.92 Å². The number of benzene rings is 1. The molecule has 2 rings (SSSR count). The smallest absolute Gasteiger partial charge is 0.304 e. The molecular weight excluding hydrogens is 258 g/mol. The third kappa shape index (κ3) is 2.74. The van der Waals surface area contributed by atoms with Crippen LogP contribution < -0.4 is 5.73 Å². The molecule has 1 aromatic rings. The van der Waals surface area contributed by atoms with E-state index in [0.29, 0.717) is 24.9 Å². The fraction of sp³-hybridized carbons (Fsp3) is 0.500. The predicted molar refractivity (Wildman–Crippen MR) is 76.4 cm³/mol. The highest BCUT2D eigenvalue weighted by Gasteiger charge is 2.31. The van der Waals surface area contributed by atoms with Crippen LogP contribution in [0.5, 0.6) is 0 Å². The first-order valence-electron chi connectivity index (χ1n) is 6.72. The molecule has 1 amide bonds. The molecule has 0 spiro atoms. The standard InChI is InChI=1S/C14H19N3O3/c1-9-6-10(2)8-16(7-9)14(18)11-4-3-5-12(15)13(11)17(19)20/h3-5,9-10H,6-8,15H2,1-2H3. The number of amides is 1. The van der Waals surface area contributed by atoms with Gasteiger partial charge >= 0.3 is 5.69 Å². The Kier molecular flexibility index (Phi) is 3.92. The van der Waals surface area contributed by atoms with Crippen molar-refractivity contribution < 1.29 is 9.72 Å². The molecule has 0 bridgehead atoms. The molecule has 6 nitrogen and oxygen atoms in total. The molecule has 2 unspecified atom stereocenters. The van der Waals surface area contributed by atoms with Gasteiger partial charge in [-0.15, -0.1) is 0 Å². The molecule has 0 saturated carbocycles. The van der Waals surface area contributed by atoms with Gasteiger partial charge in [0.1, 0.15) is 11.3 Å². The number of anilines is 1. The van der Waals surface area contributed by atoms with Crippen molar-refractivity contribution in [1.29, 1.82) is 0 Å². The molecule has 0 aromatic heterocycles. The van der Waals surface area contributed by atoms with Crippen LogP contribution in [0.3, 0.4) is 0 Å². The SMILES string of the molecule is CC1CC(C)CN(C(=O)c2cccc(N)c2[N+](=O)[O-])C1. The first-order valence-corrected chi connectivity index (χ1v) is 6.72. The van der Waals surface area contributed by atoms with E-state index < -0.39 is 4.92 Å². The van der Waals surface area contributed by atoms with Crippen LogP contribution in [0.25, 0.3) is 0 Å². The zero-order chi connectivity index (χ0) is 14.9. The molecule has 1 fully saturated rings. The van der Waals surface area contributed by atoms with E-state index in [2.05, 4.69) is 13.8 Å². The van der Waals surface area contributed by atoms with E-state index >= 15 is 0 Å². The molecule has 1 saturated heterocycles. The highest BCUT2D eigenvalue weighted by molar-refractivity contribution is 6.00. The fourth-order valence-corrected chi connectivity index (χ4v) is 2.94. The lowest BCUT2D eigenvalue weighted by Crippen LogP contribution is -2.42. The number of carbonyl (C=O) groups is 1. The number of rotatable bonds is 2. The second-order valence-electron chi connectivity index (χ2n) is 5.66. The number of carbonyl (C=O) groups excluding carboxylic acids is 1. The largest absolute Gasteiger partial charge is 0.393 e. The van der Waals surface area contributed by atoms with Crippen molar-refractivity contribution in [1.82, 2.24) is 4.90 Å². The van der Waals surface area contributed by atoms with Crippen molar-refractivity contribution in [2.24, 2.45) is 11.8 Å². The van der Waals surface area contributed by atoms with Crippen molar-refractivity contribution in [3.05, 3.63) is 33.9 Å². The number of likely N-dealkylation sites (tertiary alicyclic amines) is 1. The summed E-state index contributed by atoms with van der Waals surface area (Å²) in [5.74, 6) is 0.507.